The van der Waals surface area contributed by atoms with Gasteiger partial charge in [-0.05, 0) is 59.9 Å². The van der Waals surface area contributed by atoms with Crippen molar-refractivity contribution in [3.05, 3.63) is 42.9 Å². The highest BCUT2D eigenvalue weighted by atomic mass is 127. The largest absolute Gasteiger partial charge is 0.465 e. The van der Waals surface area contributed by atoms with Crippen molar-refractivity contribution in [1.82, 2.24) is 10.3 Å². The zero-order valence-corrected chi connectivity index (χ0v) is 17.0. The molecule has 0 radical (unpaired) electrons. The van der Waals surface area contributed by atoms with Gasteiger partial charge in [-0.15, -0.1) is 0 Å². The minimum absolute atomic E-state index is 0.0556. The number of thiocarbonyl (C=S) groups is 1. The number of hydrogen-bond donors (Lipinski definition) is 2. The normalized spacial score (nSPS) is 10.2. The fraction of sp³-hybridized carbons (Fsp3) is 0.143. The highest BCUT2D eigenvalue weighted by molar-refractivity contribution is 14.1. The number of nitrogens with zero attached hydrogens (tertiary/aromatic N) is 1. The van der Waals surface area contributed by atoms with Gasteiger partial charge in [0, 0.05) is 3.57 Å². The average molecular weight is 496 g/mol. The van der Waals surface area contributed by atoms with Gasteiger partial charge in [-0.3, -0.25) is 10.1 Å². The summed E-state index contributed by atoms with van der Waals surface area (Å²) in [4.78, 5) is 28.3. The lowest BCUT2D eigenvalue weighted by atomic mass is 10.2. The number of benzene rings is 1. The molecule has 0 saturated carbocycles. The van der Waals surface area contributed by atoms with E-state index in [9.17, 15) is 9.59 Å². The highest BCUT2D eigenvalue weighted by Crippen LogP contribution is 2.23. The predicted molar refractivity (Wildman–Crippen MR) is 106 cm³/mol. The number of esters is 1. The molecule has 1 amide bonds. The monoisotopic (exact) mass is 495 g/mol. The number of rotatable bonds is 3. The first-order valence-corrected chi connectivity index (χ1v) is 9.13. The molecular formula is C14H11ClIN3O3S2. The third kappa shape index (κ3) is 4.62. The predicted octanol–water partition coefficient (Wildman–Crippen LogP) is 3.62. The van der Waals surface area contributed by atoms with Crippen molar-refractivity contribution in [2.45, 2.75) is 6.92 Å². The zero-order chi connectivity index (χ0) is 17.9. The molecule has 24 heavy (non-hydrogen) atoms. The molecule has 0 aliphatic rings. The minimum Gasteiger partial charge on any atom is -0.465 e. The van der Waals surface area contributed by atoms with Crippen LogP contribution in [0, 0.1) is 10.5 Å². The zero-order valence-electron chi connectivity index (χ0n) is 12.5. The molecule has 10 heteroatoms. The number of carbonyl (C=O) groups excluding carboxylic acids is 2. The Balaban J connectivity index is 2.07. The summed E-state index contributed by atoms with van der Waals surface area (Å²) < 4.78 is 5.54. The van der Waals surface area contributed by atoms with Crippen molar-refractivity contribution in [2.24, 2.45) is 0 Å². The van der Waals surface area contributed by atoms with E-state index in [0.29, 0.717) is 26.3 Å². The number of methoxy groups -OCH3 is 1. The number of aromatic nitrogens is 1. The Bertz CT molecular complexity index is 826. The first-order chi connectivity index (χ1) is 11.3. The van der Waals surface area contributed by atoms with E-state index in [2.05, 4.69) is 42.9 Å². The summed E-state index contributed by atoms with van der Waals surface area (Å²) in [5.41, 5.74) is 0.836. The number of nitrogens with one attached hydrogen (secondary N) is 2. The van der Waals surface area contributed by atoms with Crippen molar-refractivity contribution in [1.29, 1.82) is 0 Å². The molecule has 0 saturated heterocycles. The molecule has 2 aromatic rings. The summed E-state index contributed by atoms with van der Waals surface area (Å²) in [6, 6.07) is 5.09. The number of anilines is 1. The number of amides is 1. The maximum absolute atomic E-state index is 12.2. The maximum Gasteiger partial charge on any atom is 0.350 e. The number of thiazole rings is 1. The summed E-state index contributed by atoms with van der Waals surface area (Å²) in [6.07, 6.45) is 0. The molecular weight excluding hydrogens is 485 g/mol. The molecule has 0 aliphatic carbocycles. The molecule has 0 spiro atoms. The topological polar surface area (TPSA) is 80.3 Å². The van der Waals surface area contributed by atoms with Crippen LogP contribution >= 0.6 is 57.7 Å². The lowest BCUT2D eigenvalue weighted by Gasteiger charge is -2.08. The van der Waals surface area contributed by atoms with Crippen LogP contribution in [0.4, 0.5) is 5.13 Å². The van der Waals surface area contributed by atoms with Crippen LogP contribution in [0.15, 0.2) is 18.2 Å². The van der Waals surface area contributed by atoms with Gasteiger partial charge in [0.15, 0.2) is 10.2 Å². The van der Waals surface area contributed by atoms with E-state index in [4.69, 9.17) is 23.8 Å². The van der Waals surface area contributed by atoms with Crippen molar-refractivity contribution in [3.63, 3.8) is 0 Å². The van der Waals surface area contributed by atoms with Crippen molar-refractivity contribution >= 4 is 79.9 Å². The third-order valence-corrected chi connectivity index (χ3v) is 5.05. The Morgan fingerprint density at radius 1 is 1.42 bits per heavy atom. The second-order valence-electron chi connectivity index (χ2n) is 4.46. The van der Waals surface area contributed by atoms with Crippen LogP contribution in [-0.4, -0.2) is 29.1 Å². The van der Waals surface area contributed by atoms with Gasteiger partial charge in [-0.2, -0.15) is 0 Å². The van der Waals surface area contributed by atoms with E-state index < -0.39 is 11.9 Å². The molecule has 0 bridgehead atoms. The second kappa shape index (κ2) is 8.19. The van der Waals surface area contributed by atoms with Crippen LogP contribution in [0.3, 0.4) is 0 Å². The summed E-state index contributed by atoms with van der Waals surface area (Å²) in [7, 11) is 1.30. The molecule has 0 unspecified atom stereocenters. The Kier molecular flexibility index (Phi) is 6.49. The fourth-order valence-electron chi connectivity index (χ4n) is 1.70. The van der Waals surface area contributed by atoms with Crippen molar-refractivity contribution < 1.29 is 14.3 Å². The van der Waals surface area contributed by atoms with E-state index in [1.807, 2.05) is 0 Å². The molecule has 0 atom stereocenters. The summed E-state index contributed by atoms with van der Waals surface area (Å²) in [5, 5.41) is 6.06. The van der Waals surface area contributed by atoms with Crippen LogP contribution in [0.5, 0.6) is 0 Å². The molecule has 1 aromatic carbocycles. The molecule has 126 valence electrons. The molecule has 6 nitrogen and oxygen atoms in total. The molecule has 1 aromatic heterocycles. The first kappa shape index (κ1) is 19.0. The number of carbonyl (C=O) groups is 2. The van der Waals surface area contributed by atoms with Crippen LogP contribution in [0.2, 0.25) is 5.02 Å². The van der Waals surface area contributed by atoms with E-state index in [1.54, 1.807) is 25.1 Å². The Morgan fingerprint density at radius 2 is 2.12 bits per heavy atom. The van der Waals surface area contributed by atoms with Gasteiger partial charge in [-0.1, -0.05) is 22.9 Å². The lowest BCUT2D eigenvalue weighted by Crippen LogP contribution is -2.34. The van der Waals surface area contributed by atoms with E-state index in [0.717, 1.165) is 14.9 Å². The van der Waals surface area contributed by atoms with Gasteiger partial charge in [0.1, 0.15) is 4.88 Å². The molecule has 2 rings (SSSR count). The van der Waals surface area contributed by atoms with Crippen molar-refractivity contribution in [2.75, 3.05) is 12.4 Å². The van der Waals surface area contributed by atoms with Gasteiger partial charge < -0.3 is 10.1 Å². The van der Waals surface area contributed by atoms with Gasteiger partial charge in [-0.25, -0.2) is 9.78 Å². The quantitative estimate of drug-likeness (QED) is 0.385. The van der Waals surface area contributed by atoms with Gasteiger partial charge in [0.05, 0.1) is 23.4 Å². The molecule has 0 fully saturated rings. The average Bonchev–Trinajstić information content (AvgIpc) is 2.88. The smallest absolute Gasteiger partial charge is 0.350 e. The fourth-order valence-corrected chi connectivity index (χ4v) is 3.54. The van der Waals surface area contributed by atoms with Crippen LogP contribution in [-0.2, 0) is 4.74 Å². The molecule has 0 aliphatic heterocycles. The van der Waals surface area contributed by atoms with E-state index >= 15 is 0 Å². The number of halogens is 2. The summed E-state index contributed by atoms with van der Waals surface area (Å²) >= 11 is 14.3. The van der Waals surface area contributed by atoms with Crippen LogP contribution < -0.4 is 10.6 Å². The maximum atomic E-state index is 12.2. The van der Waals surface area contributed by atoms with Crippen molar-refractivity contribution in [3.8, 4) is 0 Å². The Morgan fingerprint density at radius 3 is 2.79 bits per heavy atom. The van der Waals surface area contributed by atoms with Gasteiger partial charge >= 0.3 is 5.97 Å². The number of aryl methyl sites for hydroxylation is 1. The van der Waals surface area contributed by atoms with Crippen LogP contribution in [0.1, 0.15) is 25.7 Å². The molecule has 2 N–H and O–H groups in total. The van der Waals surface area contributed by atoms with E-state index in [-0.39, 0.29) is 5.11 Å². The lowest BCUT2D eigenvalue weighted by molar-refractivity contribution is 0.0605. The Labute approximate surface area is 166 Å². The first-order valence-electron chi connectivity index (χ1n) is 6.45. The molecule has 1 heterocycles. The standard InChI is InChI=1S/C14H11ClIN3O3S2/c1-6-10(12(21)22-2)24-14(17-6)19-13(23)18-11(20)8-5-7(16)3-4-9(8)15/h3-5H,1-2H3,(H2,17,18,19,20,23). The highest BCUT2D eigenvalue weighted by Gasteiger charge is 2.17. The van der Waals surface area contributed by atoms with Gasteiger partial charge in [0.25, 0.3) is 5.91 Å². The number of hydrogen-bond acceptors (Lipinski definition) is 6. The SMILES string of the molecule is COC(=O)c1sc(NC(=S)NC(=O)c2cc(I)ccc2Cl)nc1C. The number of ether oxygens (including phenoxy) is 1. The van der Waals surface area contributed by atoms with Crippen LogP contribution in [0.25, 0.3) is 0 Å². The Hall–Kier alpha value is -1.30. The summed E-state index contributed by atoms with van der Waals surface area (Å²) in [6.45, 7) is 1.68. The minimum atomic E-state index is -0.473. The van der Waals surface area contributed by atoms with Gasteiger partial charge in [0.2, 0.25) is 0 Å². The van der Waals surface area contributed by atoms with E-state index in [1.165, 1.54) is 7.11 Å². The summed E-state index contributed by atoms with van der Waals surface area (Å²) in [5.74, 6) is -0.906. The second-order valence-corrected chi connectivity index (χ2v) is 7.52. The third-order valence-electron chi connectivity index (χ3n) is 2.79.